The summed E-state index contributed by atoms with van der Waals surface area (Å²) in [6.07, 6.45) is 0. The van der Waals surface area contributed by atoms with E-state index in [0.29, 0.717) is 23.4 Å². The highest BCUT2D eigenvalue weighted by atomic mass is 16.2. The second kappa shape index (κ2) is 5.70. The first kappa shape index (κ1) is 13.8. The van der Waals surface area contributed by atoms with Gasteiger partial charge in [-0.3, -0.25) is 9.59 Å². The maximum absolute atomic E-state index is 12.2. The first-order chi connectivity index (χ1) is 10.7. The van der Waals surface area contributed by atoms with Crippen LogP contribution in [0.15, 0.2) is 48.5 Å². The summed E-state index contributed by atoms with van der Waals surface area (Å²) < 4.78 is 0. The summed E-state index contributed by atoms with van der Waals surface area (Å²) in [7, 11) is 0. The van der Waals surface area contributed by atoms with Crippen LogP contribution in [0.4, 0.5) is 5.69 Å². The average Bonchev–Trinajstić information content (AvgIpc) is 2.84. The number of nitrogens with one attached hydrogen (secondary N) is 1. The van der Waals surface area contributed by atoms with E-state index in [4.69, 9.17) is 5.26 Å². The smallest absolute Gasteiger partial charge is 0.254 e. The number of para-hydroxylation sites is 1. The summed E-state index contributed by atoms with van der Waals surface area (Å²) in [6.45, 7) is 0.398. The molecule has 1 N–H and O–H groups in total. The molecule has 0 spiro atoms. The minimum Gasteiger partial charge on any atom is -0.325 e. The molecule has 2 aromatic carbocycles. The fourth-order valence-electron chi connectivity index (χ4n) is 2.49. The van der Waals surface area contributed by atoms with Crippen LogP contribution in [-0.2, 0) is 11.3 Å². The normalized spacial score (nSPS) is 12.7. The van der Waals surface area contributed by atoms with E-state index in [1.54, 1.807) is 30.3 Å². The second-order valence-corrected chi connectivity index (χ2v) is 5.02. The number of hydrogen-bond donors (Lipinski definition) is 1. The molecular formula is C17H13N3O2. The van der Waals surface area contributed by atoms with Crippen LogP contribution in [0.5, 0.6) is 0 Å². The largest absolute Gasteiger partial charge is 0.325 e. The molecule has 0 fully saturated rings. The van der Waals surface area contributed by atoms with Gasteiger partial charge in [-0.2, -0.15) is 5.26 Å². The number of carbonyl (C=O) groups excluding carboxylic acids is 2. The predicted octanol–water partition coefficient (Wildman–Crippen LogP) is 2.15. The van der Waals surface area contributed by atoms with E-state index in [1.807, 2.05) is 24.3 Å². The van der Waals surface area contributed by atoms with Crippen molar-refractivity contribution < 1.29 is 9.59 Å². The van der Waals surface area contributed by atoms with Gasteiger partial charge in [-0.05, 0) is 23.8 Å². The lowest BCUT2D eigenvalue weighted by molar-refractivity contribution is -0.116. The third-order valence-corrected chi connectivity index (χ3v) is 3.55. The minimum atomic E-state index is -0.316. The summed E-state index contributed by atoms with van der Waals surface area (Å²) in [4.78, 5) is 25.8. The van der Waals surface area contributed by atoms with E-state index in [9.17, 15) is 9.59 Å². The van der Waals surface area contributed by atoms with Gasteiger partial charge in [-0.1, -0.05) is 30.3 Å². The van der Waals surface area contributed by atoms with Crippen molar-refractivity contribution in [2.75, 3.05) is 11.9 Å². The Morgan fingerprint density at radius 1 is 1.18 bits per heavy atom. The Hall–Kier alpha value is -3.13. The number of nitrogens with zero attached hydrogens (tertiary/aromatic N) is 2. The molecule has 0 saturated heterocycles. The lowest BCUT2D eigenvalue weighted by Crippen LogP contribution is -2.33. The van der Waals surface area contributed by atoms with Crippen molar-refractivity contribution in [2.24, 2.45) is 0 Å². The van der Waals surface area contributed by atoms with Crippen molar-refractivity contribution >= 4 is 17.5 Å². The number of amides is 2. The first-order valence-electron chi connectivity index (χ1n) is 6.85. The van der Waals surface area contributed by atoms with E-state index in [-0.39, 0.29) is 18.4 Å². The van der Waals surface area contributed by atoms with Crippen LogP contribution in [-0.4, -0.2) is 23.3 Å². The van der Waals surface area contributed by atoms with E-state index in [0.717, 1.165) is 5.56 Å². The quantitative estimate of drug-likeness (QED) is 0.941. The zero-order chi connectivity index (χ0) is 15.5. The van der Waals surface area contributed by atoms with Gasteiger partial charge >= 0.3 is 0 Å². The standard InChI is InChI=1S/C17H13N3O2/c18-9-12-5-2-4-8-15(12)19-16(21)11-20-10-13-6-1-3-7-14(13)17(20)22/h1-8H,10-11H2,(H,19,21). The number of benzene rings is 2. The highest BCUT2D eigenvalue weighted by Gasteiger charge is 2.28. The predicted molar refractivity (Wildman–Crippen MR) is 81.0 cm³/mol. The van der Waals surface area contributed by atoms with Gasteiger partial charge in [0, 0.05) is 12.1 Å². The maximum Gasteiger partial charge on any atom is 0.254 e. The average molecular weight is 291 g/mol. The molecule has 1 aliphatic heterocycles. The molecule has 22 heavy (non-hydrogen) atoms. The van der Waals surface area contributed by atoms with Gasteiger partial charge in [-0.25, -0.2) is 0 Å². The van der Waals surface area contributed by atoms with Crippen LogP contribution in [0.25, 0.3) is 0 Å². The van der Waals surface area contributed by atoms with Crippen LogP contribution in [0.3, 0.4) is 0 Å². The van der Waals surface area contributed by atoms with E-state index < -0.39 is 0 Å². The van der Waals surface area contributed by atoms with Crippen molar-refractivity contribution in [3.05, 3.63) is 65.2 Å². The Bertz CT molecular complexity index is 792. The Labute approximate surface area is 127 Å². The van der Waals surface area contributed by atoms with Gasteiger partial charge in [0.25, 0.3) is 5.91 Å². The molecule has 0 unspecified atom stereocenters. The van der Waals surface area contributed by atoms with E-state index >= 15 is 0 Å². The van der Waals surface area contributed by atoms with Crippen molar-refractivity contribution in [2.45, 2.75) is 6.54 Å². The molecule has 0 radical (unpaired) electrons. The molecule has 5 nitrogen and oxygen atoms in total. The molecule has 108 valence electrons. The SMILES string of the molecule is N#Cc1ccccc1NC(=O)CN1Cc2ccccc2C1=O. The topological polar surface area (TPSA) is 73.2 Å². The second-order valence-electron chi connectivity index (χ2n) is 5.02. The number of hydrogen-bond acceptors (Lipinski definition) is 3. The molecule has 3 rings (SSSR count). The molecule has 2 amide bonds. The van der Waals surface area contributed by atoms with Crippen LogP contribution in [0.2, 0.25) is 0 Å². The zero-order valence-electron chi connectivity index (χ0n) is 11.7. The van der Waals surface area contributed by atoms with Gasteiger partial charge in [0.15, 0.2) is 0 Å². The van der Waals surface area contributed by atoms with Gasteiger partial charge < -0.3 is 10.2 Å². The molecule has 0 aliphatic carbocycles. The first-order valence-corrected chi connectivity index (χ1v) is 6.85. The molecule has 2 aromatic rings. The number of carbonyl (C=O) groups is 2. The van der Waals surface area contributed by atoms with Crippen molar-refractivity contribution in [1.29, 1.82) is 5.26 Å². The molecular weight excluding hydrogens is 278 g/mol. The number of anilines is 1. The fraction of sp³-hybridized carbons (Fsp3) is 0.118. The molecule has 0 saturated carbocycles. The number of rotatable bonds is 3. The monoisotopic (exact) mass is 291 g/mol. The Balaban J connectivity index is 1.69. The third-order valence-electron chi connectivity index (χ3n) is 3.55. The van der Waals surface area contributed by atoms with Crippen molar-refractivity contribution in [3.63, 3.8) is 0 Å². The van der Waals surface area contributed by atoms with Crippen molar-refractivity contribution in [1.82, 2.24) is 4.90 Å². The lowest BCUT2D eigenvalue weighted by atomic mass is 10.1. The van der Waals surface area contributed by atoms with Gasteiger partial charge in [0.2, 0.25) is 5.91 Å². The Morgan fingerprint density at radius 2 is 1.91 bits per heavy atom. The minimum absolute atomic E-state index is 0.0344. The molecule has 1 heterocycles. The van der Waals surface area contributed by atoms with Gasteiger partial charge in [-0.15, -0.1) is 0 Å². The highest BCUT2D eigenvalue weighted by Crippen LogP contribution is 2.22. The van der Waals surface area contributed by atoms with Gasteiger partial charge in [0.1, 0.15) is 12.6 Å². The summed E-state index contributed by atoms with van der Waals surface area (Å²) in [5.74, 6) is -0.455. The molecule has 0 aromatic heterocycles. The zero-order valence-corrected chi connectivity index (χ0v) is 11.7. The summed E-state index contributed by atoms with van der Waals surface area (Å²) in [5, 5.41) is 11.7. The Kier molecular flexibility index (Phi) is 3.58. The lowest BCUT2D eigenvalue weighted by Gasteiger charge is -2.15. The molecule has 0 bridgehead atoms. The van der Waals surface area contributed by atoms with Crippen LogP contribution in [0, 0.1) is 11.3 Å². The number of fused-ring (bicyclic) bond motifs is 1. The van der Waals surface area contributed by atoms with E-state index in [1.165, 1.54) is 4.90 Å². The molecule has 1 aliphatic rings. The van der Waals surface area contributed by atoms with Crippen LogP contribution < -0.4 is 5.32 Å². The van der Waals surface area contributed by atoms with Crippen molar-refractivity contribution in [3.8, 4) is 6.07 Å². The Morgan fingerprint density at radius 3 is 2.68 bits per heavy atom. The number of nitriles is 1. The molecule has 5 heteroatoms. The highest BCUT2D eigenvalue weighted by molar-refractivity contribution is 6.02. The van der Waals surface area contributed by atoms with Crippen LogP contribution >= 0.6 is 0 Å². The maximum atomic E-state index is 12.2. The summed E-state index contributed by atoms with van der Waals surface area (Å²) in [5.41, 5.74) is 2.43. The third kappa shape index (κ3) is 2.54. The summed E-state index contributed by atoms with van der Waals surface area (Å²) >= 11 is 0. The van der Waals surface area contributed by atoms with Crippen LogP contribution in [0.1, 0.15) is 21.5 Å². The van der Waals surface area contributed by atoms with E-state index in [2.05, 4.69) is 5.32 Å². The fourth-order valence-corrected chi connectivity index (χ4v) is 2.49. The summed E-state index contributed by atoms with van der Waals surface area (Å²) in [6, 6.07) is 16.1. The molecule has 0 atom stereocenters. The van der Waals surface area contributed by atoms with Gasteiger partial charge in [0.05, 0.1) is 11.3 Å².